The Balaban J connectivity index is 1.52. The second-order valence-corrected chi connectivity index (χ2v) is 7.40. The van der Waals surface area contributed by atoms with Gasteiger partial charge < -0.3 is 19.1 Å². The quantitative estimate of drug-likeness (QED) is 0.419. The molecule has 4 rings (SSSR count). The van der Waals surface area contributed by atoms with Gasteiger partial charge in [-0.15, -0.1) is 0 Å². The number of anilines is 1. The Morgan fingerprint density at radius 2 is 2.07 bits per heavy atom. The Labute approximate surface area is 159 Å². The van der Waals surface area contributed by atoms with Crippen molar-refractivity contribution in [3.05, 3.63) is 36.4 Å². The molecule has 27 heavy (non-hydrogen) atoms. The van der Waals surface area contributed by atoms with Crippen molar-refractivity contribution in [2.24, 2.45) is 11.8 Å². The van der Waals surface area contributed by atoms with Crippen molar-refractivity contribution in [3.8, 4) is 5.75 Å². The van der Waals surface area contributed by atoms with Crippen molar-refractivity contribution >= 4 is 17.6 Å². The van der Waals surface area contributed by atoms with Crippen LogP contribution in [0, 0.1) is 11.8 Å². The number of rotatable bonds is 7. The maximum absolute atomic E-state index is 13.2. The van der Waals surface area contributed by atoms with E-state index in [2.05, 4.69) is 6.92 Å². The van der Waals surface area contributed by atoms with Crippen LogP contribution in [0.5, 0.6) is 5.75 Å². The molecule has 0 N–H and O–H groups in total. The molecule has 2 bridgehead atoms. The number of carbonyl (C=O) groups excluding carboxylic acids is 2. The Bertz CT molecular complexity index is 758. The van der Waals surface area contributed by atoms with Crippen LogP contribution in [0.15, 0.2) is 36.4 Å². The maximum Gasteiger partial charge on any atom is 0.312 e. The summed E-state index contributed by atoms with van der Waals surface area (Å²) in [7, 11) is 1.60. The normalized spacial score (nSPS) is 30.7. The molecule has 3 aliphatic rings. The third-order valence-corrected chi connectivity index (χ3v) is 5.75. The molecule has 2 fully saturated rings. The molecule has 0 saturated carbocycles. The maximum atomic E-state index is 13.2. The summed E-state index contributed by atoms with van der Waals surface area (Å²) in [5, 5.41) is 0. The molecule has 1 aromatic rings. The smallest absolute Gasteiger partial charge is 0.312 e. The zero-order valence-corrected chi connectivity index (χ0v) is 15.7. The first-order chi connectivity index (χ1) is 13.1. The molecular formula is C21H25NO5. The third-order valence-electron chi connectivity index (χ3n) is 5.75. The number of fused-ring (bicyclic) bond motifs is 1. The lowest BCUT2D eigenvalue weighted by Crippen LogP contribution is -2.40. The van der Waals surface area contributed by atoms with Gasteiger partial charge in [0, 0.05) is 5.69 Å². The molecule has 2 saturated heterocycles. The van der Waals surface area contributed by atoms with Gasteiger partial charge in [-0.1, -0.05) is 31.9 Å². The van der Waals surface area contributed by atoms with Crippen LogP contribution >= 0.6 is 0 Å². The van der Waals surface area contributed by atoms with Gasteiger partial charge in [-0.25, -0.2) is 0 Å². The van der Waals surface area contributed by atoms with E-state index in [0.717, 1.165) is 30.7 Å². The van der Waals surface area contributed by atoms with E-state index in [4.69, 9.17) is 14.2 Å². The number of nitrogens with zero attached hydrogens (tertiary/aromatic N) is 1. The number of methoxy groups -OCH3 is 1. The van der Waals surface area contributed by atoms with Gasteiger partial charge >= 0.3 is 5.97 Å². The Morgan fingerprint density at radius 1 is 1.30 bits per heavy atom. The van der Waals surface area contributed by atoms with Crippen LogP contribution in [0.4, 0.5) is 5.69 Å². The topological polar surface area (TPSA) is 65.1 Å². The summed E-state index contributed by atoms with van der Waals surface area (Å²) >= 11 is 0. The number of benzene rings is 1. The fourth-order valence-corrected chi connectivity index (χ4v) is 4.37. The summed E-state index contributed by atoms with van der Waals surface area (Å²) in [6.07, 6.45) is 6.42. The van der Waals surface area contributed by atoms with Crippen molar-refractivity contribution < 1.29 is 23.8 Å². The lowest BCUT2D eigenvalue weighted by atomic mass is 9.77. The minimum atomic E-state index is -0.727. The number of hydrogen-bond donors (Lipinski definition) is 0. The molecule has 0 radical (unpaired) electrons. The first-order valence-electron chi connectivity index (χ1n) is 9.59. The minimum Gasteiger partial charge on any atom is -0.497 e. The average molecular weight is 371 g/mol. The van der Waals surface area contributed by atoms with Gasteiger partial charge in [0.15, 0.2) is 0 Å². The highest BCUT2D eigenvalue weighted by Gasteiger charge is 2.67. The summed E-state index contributed by atoms with van der Waals surface area (Å²) in [6.45, 7) is 2.91. The van der Waals surface area contributed by atoms with Crippen LogP contribution in [-0.4, -0.2) is 43.8 Å². The SMILES string of the molecule is CCCCCOC(=O)[C@@H]1[C@H]2C=C[C@@]3(CN(c4ccc(OC)cc4)C(=O)[C@@H]13)O2. The van der Waals surface area contributed by atoms with E-state index in [9.17, 15) is 9.59 Å². The van der Waals surface area contributed by atoms with Gasteiger partial charge in [-0.3, -0.25) is 9.59 Å². The van der Waals surface area contributed by atoms with Crippen LogP contribution in [0.1, 0.15) is 26.2 Å². The molecule has 1 amide bonds. The Hall–Kier alpha value is -2.34. The molecule has 0 aromatic heterocycles. The Kier molecular flexibility index (Phi) is 4.68. The van der Waals surface area contributed by atoms with Crippen LogP contribution < -0.4 is 9.64 Å². The van der Waals surface area contributed by atoms with E-state index in [0.29, 0.717) is 13.2 Å². The molecule has 3 heterocycles. The first-order valence-corrected chi connectivity index (χ1v) is 9.59. The molecule has 4 atom stereocenters. The lowest BCUT2D eigenvalue weighted by Gasteiger charge is -2.22. The molecule has 1 aromatic carbocycles. The summed E-state index contributed by atoms with van der Waals surface area (Å²) in [5.41, 5.74) is 0.0505. The van der Waals surface area contributed by atoms with Gasteiger partial charge in [0.25, 0.3) is 0 Å². The van der Waals surface area contributed by atoms with Gasteiger partial charge in [-0.05, 0) is 30.7 Å². The van der Waals surface area contributed by atoms with Crippen LogP contribution in [0.3, 0.4) is 0 Å². The first kappa shape index (κ1) is 18.0. The summed E-state index contributed by atoms with van der Waals surface area (Å²) < 4.78 is 16.8. The van der Waals surface area contributed by atoms with Crippen molar-refractivity contribution in [1.29, 1.82) is 0 Å². The number of ether oxygens (including phenoxy) is 3. The van der Waals surface area contributed by atoms with Crippen molar-refractivity contribution in [2.75, 3.05) is 25.2 Å². The van der Waals surface area contributed by atoms with Crippen LogP contribution in [-0.2, 0) is 19.1 Å². The molecule has 0 unspecified atom stereocenters. The highest BCUT2D eigenvalue weighted by Crippen LogP contribution is 2.52. The van der Waals surface area contributed by atoms with E-state index >= 15 is 0 Å². The van der Waals surface area contributed by atoms with Gasteiger partial charge in [0.2, 0.25) is 5.91 Å². The monoisotopic (exact) mass is 371 g/mol. The van der Waals surface area contributed by atoms with Crippen LogP contribution in [0.25, 0.3) is 0 Å². The minimum absolute atomic E-state index is 0.0810. The van der Waals surface area contributed by atoms with Crippen molar-refractivity contribution in [3.63, 3.8) is 0 Å². The van der Waals surface area contributed by atoms with E-state index in [1.807, 2.05) is 36.4 Å². The molecular weight excluding hydrogens is 346 g/mol. The molecule has 144 valence electrons. The zero-order chi connectivity index (χ0) is 19.0. The zero-order valence-electron chi connectivity index (χ0n) is 15.7. The predicted molar refractivity (Wildman–Crippen MR) is 99.6 cm³/mol. The van der Waals surface area contributed by atoms with Crippen molar-refractivity contribution in [1.82, 2.24) is 0 Å². The molecule has 6 nitrogen and oxygen atoms in total. The lowest BCUT2D eigenvalue weighted by molar-refractivity contribution is -0.152. The number of unbranched alkanes of at least 4 members (excludes halogenated alkanes) is 2. The molecule has 1 spiro atoms. The summed E-state index contributed by atoms with van der Waals surface area (Å²) in [6, 6.07) is 7.34. The molecule has 0 aliphatic carbocycles. The second kappa shape index (κ2) is 7.00. The van der Waals surface area contributed by atoms with E-state index < -0.39 is 17.4 Å². The fraction of sp³-hybridized carbons (Fsp3) is 0.524. The van der Waals surface area contributed by atoms with Gasteiger partial charge in [0.05, 0.1) is 32.3 Å². The molecule has 3 aliphatic heterocycles. The highest BCUT2D eigenvalue weighted by molar-refractivity contribution is 6.02. The van der Waals surface area contributed by atoms with Gasteiger partial charge in [-0.2, -0.15) is 0 Å². The number of amides is 1. The summed E-state index contributed by atoms with van der Waals surface area (Å²) in [4.78, 5) is 27.6. The largest absolute Gasteiger partial charge is 0.497 e. The summed E-state index contributed by atoms with van der Waals surface area (Å²) in [5.74, 6) is -0.755. The van der Waals surface area contributed by atoms with E-state index in [-0.39, 0.29) is 18.0 Å². The average Bonchev–Trinajstić information content (AvgIpc) is 3.33. The third kappa shape index (κ3) is 2.92. The standard InChI is InChI=1S/C21H25NO5/c1-3-4-5-12-26-20(24)17-16-10-11-21(27-16)13-22(19(23)18(17)21)14-6-8-15(25-2)9-7-14/h6-11,16-18H,3-5,12-13H2,1-2H3/t16-,17-,18-,21+/m1/s1. The fourth-order valence-electron chi connectivity index (χ4n) is 4.37. The highest BCUT2D eigenvalue weighted by atomic mass is 16.6. The number of carbonyl (C=O) groups is 2. The van der Waals surface area contributed by atoms with Gasteiger partial charge in [0.1, 0.15) is 17.3 Å². The Morgan fingerprint density at radius 3 is 2.78 bits per heavy atom. The second-order valence-electron chi connectivity index (χ2n) is 7.40. The van der Waals surface area contributed by atoms with E-state index in [1.54, 1.807) is 12.0 Å². The number of esters is 1. The molecule has 6 heteroatoms. The van der Waals surface area contributed by atoms with Crippen molar-refractivity contribution in [2.45, 2.75) is 37.9 Å². The van der Waals surface area contributed by atoms with Crippen LogP contribution in [0.2, 0.25) is 0 Å². The van der Waals surface area contributed by atoms with E-state index in [1.165, 1.54) is 0 Å². The predicted octanol–water partition coefficient (Wildman–Crippen LogP) is 2.72. The number of hydrogen-bond acceptors (Lipinski definition) is 5.